The maximum atomic E-state index is 13.7. The summed E-state index contributed by atoms with van der Waals surface area (Å²) in [6.07, 6.45) is 0. The second-order valence-corrected chi connectivity index (χ2v) is 6.66. The third-order valence-corrected chi connectivity index (χ3v) is 4.12. The summed E-state index contributed by atoms with van der Waals surface area (Å²) in [6, 6.07) is 5.81. The lowest BCUT2D eigenvalue weighted by molar-refractivity contribution is 0.103. The predicted octanol–water partition coefficient (Wildman–Crippen LogP) is 5.55. The molecule has 0 saturated heterocycles. The molecule has 21 heavy (non-hydrogen) atoms. The molecule has 0 aliphatic carbocycles. The Morgan fingerprint density at radius 1 is 1.10 bits per heavy atom. The van der Waals surface area contributed by atoms with E-state index in [1.54, 1.807) is 12.1 Å². The predicted molar refractivity (Wildman–Crippen MR) is 81.2 cm³/mol. The van der Waals surface area contributed by atoms with Crippen molar-refractivity contribution < 1.29 is 18.0 Å². The second kappa shape index (κ2) is 6.32. The van der Waals surface area contributed by atoms with E-state index in [0.29, 0.717) is 16.6 Å². The standard InChI is InChI=1S/C15H9Br2F3O/c1-7(16)8-2-3-10(11(17)4-8)15(21)14-12(19)5-9(18)6-13(14)20/h2-7H,1H3. The Kier molecular flexibility index (Phi) is 4.88. The summed E-state index contributed by atoms with van der Waals surface area (Å²) in [5.41, 5.74) is 0.242. The summed E-state index contributed by atoms with van der Waals surface area (Å²) in [6.45, 7) is 1.91. The SMILES string of the molecule is CC(Br)c1ccc(C(=O)c2c(F)cc(F)cc2F)c(Br)c1. The maximum Gasteiger partial charge on any atom is 0.200 e. The topological polar surface area (TPSA) is 17.1 Å². The van der Waals surface area contributed by atoms with E-state index in [1.807, 2.05) is 6.92 Å². The lowest BCUT2D eigenvalue weighted by Gasteiger charge is -2.09. The quantitative estimate of drug-likeness (QED) is 0.468. The summed E-state index contributed by atoms with van der Waals surface area (Å²) in [5, 5.41) is 0. The maximum absolute atomic E-state index is 13.7. The van der Waals surface area contributed by atoms with Gasteiger partial charge in [0.1, 0.15) is 17.5 Å². The van der Waals surface area contributed by atoms with Crippen LogP contribution in [0.1, 0.15) is 33.2 Å². The van der Waals surface area contributed by atoms with Gasteiger partial charge in [-0.15, -0.1) is 0 Å². The summed E-state index contributed by atoms with van der Waals surface area (Å²) in [7, 11) is 0. The molecule has 0 N–H and O–H groups in total. The summed E-state index contributed by atoms with van der Waals surface area (Å²) in [4.78, 5) is 12.3. The highest BCUT2D eigenvalue weighted by atomic mass is 79.9. The minimum atomic E-state index is -1.22. The van der Waals surface area contributed by atoms with Crippen molar-refractivity contribution in [1.82, 2.24) is 0 Å². The van der Waals surface area contributed by atoms with Gasteiger partial charge in [0.05, 0.1) is 5.56 Å². The molecule has 0 bridgehead atoms. The fourth-order valence-corrected chi connectivity index (χ4v) is 2.72. The zero-order valence-corrected chi connectivity index (χ0v) is 13.9. The first-order chi connectivity index (χ1) is 9.81. The molecule has 0 heterocycles. The van der Waals surface area contributed by atoms with Crippen LogP contribution in [0.25, 0.3) is 0 Å². The Labute approximate surface area is 136 Å². The number of hydrogen-bond donors (Lipinski definition) is 0. The van der Waals surface area contributed by atoms with E-state index in [0.717, 1.165) is 5.56 Å². The first-order valence-corrected chi connectivity index (χ1v) is 7.65. The van der Waals surface area contributed by atoms with Crippen molar-refractivity contribution in [2.75, 3.05) is 0 Å². The Bertz CT molecular complexity index is 691. The highest BCUT2D eigenvalue weighted by Gasteiger charge is 2.22. The van der Waals surface area contributed by atoms with Gasteiger partial charge in [0.25, 0.3) is 0 Å². The molecule has 110 valence electrons. The smallest absolute Gasteiger partial charge is 0.200 e. The molecule has 1 unspecified atom stereocenters. The molecule has 0 aliphatic rings. The molecule has 0 radical (unpaired) electrons. The number of carbonyl (C=O) groups is 1. The number of benzene rings is 2. The normalized spacial score (nSPS) is 12.3. The highest BCUT2D eigenvalue weighted by Crippen LogP contribution is 2.29. The van der Waals surface area contributed by atoms with Crippen LogP contribution in [0.3, 0.4) is 0 Å². The average molecular weight is 422 g/mol. The monoisotopic (exact) mass is 420 g/mol. The van der Waals surface area contributed by atoms with E-state index in [9.17, 15) is 18.0 Å². The van der Waals surface area contributed by atoms with Crippen molar-refractivity contribution in [3.05, 3.63) is 68.9 Å². The number of carbonyl (C=O) groups excluding carboxylic acids is 1. The molecule has 0 aromatic heterocycles. The molecule has 0 spiro atoms. The van der Waals surface area contributed by atoms with Gasteiger partial charge in [-0.25, -0.2) is 13.2 Å². The van der Waals surface area contributed by atoms with Crippen molar-refractivity contribution in [3.8, 4) is 0 Å². The fraction of sp³-hybridized carbons (Fsp3) is 0.133. The number of alkyl halides is 1. The fourth-order valence-electron chi connectivity index (χ4n) is 1.86. The molecule has 1 atom stereocenters. The van der Waals surface area contributed by atoms with E-state index in [4.69, 9.17) is 0 Å². The van der Waals surface area contributed by atoms with Crippen molar-refractivity contribution >= 4 is 37.6 Å². The van der Waals surface area contributed by atoms with Crippen LogP contribution in [0.5, 0.6) is 0 Å². The molecule has 0 fully saturated rings. The van der Waals surface area contributed by atoms with Crippen molar-refractivity contribution in [1.29, 1.82) is 0 Å². The van der Waals surface area contributed by atoms with Gasteiger partial charge < -0.3 is 0 Å². The third kappa shape index (κ3) is 3.37. The molecule has 6 heteroatoms. The van der Waals surface area contributed by atoms with Crippen LogP contribution in [-0.2, 0) is 0 Å². The minimum Gasteiger partial charge on any atom is -0.288 e. The zero-order valence-electron chi connectivity index (χ0n) is 10.8. The molecular weight excluding hydrogens is 413 g/mol. The van der Waals surface area contributed by atoms with Gasteiger partial charge in [-0.2, -0.15) is 0 Å². The molecule has 0 amide bonds. The Hall–Kier alpha value is -1.14. The van der Waals surface area contributed by atoms with Gasteiger partial charge in [0.2, 0.25) is 0 Å². The van der Waals surface area contributed by atoms with Crippen LogP contribution < -0.4 is 0 Å². The van der Waals surface area contributed by atoms with E-state index >= 15 is 0 Å². The van der Waals surface area contributed by atoms with E-state index in [-0.39, 0.29) is 10.4 Å². The molecule has 2 aromatic carbocycles. The number of rotatable bonds is 3. The third-order valence-electron chi connectivity index (χ3n) is 2.93. The highest BCUT2D eigenvalue weighted by molar-refractivity contribution is 9.10. The number of ketones is 1. The van der Waals surface area contributed by atoms with Crippen molar-refractivity contribution in [2.45, 2.75) is 11.8 Å². The first-order valence-electron chi connectivity index (χ1n) is 5.94. The van der Waals surface area contributed by atoms with Gasteiger partial charge in [0.15, 0.2) is 5.78 Å². The van der Waals surface area contributed by atoms with Gasteiger partial charge >= 0.3 is 0 Å². The Morgan fingerprint density at radius 3 is 2.14 bits per heavy atom. The summed E-state index contributed by atoms with van der Waals surface area (Å²) >= 11 is 6.60. The summed E-state index contributed by atoms with van der Waals surface area (Å²) < 4.78 is 40.6. The molecule has 2 rings (SSSR count). The van der Waals surface area contributed by atoms with Gasteiger partial charge in [-0.3, -0.25) is 4.79 Å². The molecule has 1 nitrogen and oxygen atoms in total. The zero-order chi connectivity index (χ0) is 15.7. The van der Waals surface area contributed by atoms with E-state index in [2.05, 4.69) is 31.9 Å². The van der Waals surface area contributed by atoms with Crippen molar-refractivity contribution in [3.63, 3.8) is 0 Å². The van der Waals surface area contributed by atoms with Crippen LogP contribution in [0.15, 0.2) is 34.8 Å². The molecule has 2 aromatic rings. The summed E-state index contributed by atoms with van der Waals surface area (Å²) in [5.74, 6) is -4.35. The Morgan fingerprint density at radius 2 is 1.67 bits per heavy atom. The molecule has 0 aliphatic heterocycles. The van der Waals surface area contributed by atoms with E-state index < -0.39 is 28.8 Å². The van der Waals surface area contributed by atoms with Crippen LogP contribution in [0, 0.1) is 17.5 Å². The van der Waals surface area contributed by atoms with E-state index in [1.165, 1.54) is 6.07 Å². The molecule has 0 saturated carbocycles. The van der Waals surface area contributed by atoms with Gasteiger partial charge in [0, 0.05) is 27.0 Å². The number of hydrogen-bond acceptors (Lipinski definition) is 1. The van der Waals surface area contributed by atoms with Crippen molar-refractivity contribution in [2.24, 2.45) is 0 Å². The lowest BCUT2D eigenvalue weighted by atomic mass is 10.0. The van der Waals surface area contributed by atoms with Crippen LogP contribution in [0.4, 0.5) is 13.2 Å². The second-order valence-electron chi connectivity index (χ2n) is 4.43. The van der Waals surface area contributed by atoms with Gasteiger partial charge in [-0.1, -0.05) is 37.9 Å². The average Bonchev–Trinajstić information content (AvgIpc) is 2.36. The lowest BCUT2D eigenvalue weighted by Crippen LogP contribution is -2.09. The largest absolute Gasteiger partial charge is 0.288 e. The number of halogens is 5. The van der Waals surface area contributed by atoms with Gasteiger partial charge in [-0.05, 0) is 24.6 Å². The molecular formula is C15H9Br2F3O. The van der Waals surface area contributed by atoms with Crippen LogP contribution in [0.2, 0.25) is 0 Å². The van der Waals surface area contributed by atoms with Crippen LogP contribution in [-0.4, -0.2) is 5.78 Å². The first kappa shape index (κ1) is 16.2. The minimum absolute atomic E-state index is 0.0669. The Balaban J connectivity index is 2.51. The van der Waals surface area contributed by atoms with Crippen LogP contribution >= 0.6 is 31.9 Å².